The highest BCUT2D eigenvalue weighted by atomic mass is 16.2. The summed E-state index contributed by atoms with van der Waals surface area (Å²) >= 11 is 0. The molecule has 5 nitrogen and oxygen atoms in total. The first-order valence-corrected chi connectivity index (χ1v) is 8.60. The second-order valence-electron chi connectivity index (χ2n) is 6.73. The fourth-order valence-corrected chi connectivity index (χ4v) is 2.97. The lowest BCUT2D eigenvalue weighted by molar-refractivity contribution is 0.183. The van der Waals surface area contributed by atoms with Crippen LogP contribution in [0.3, 0.4) is 0 Å². The first-order valence-electron chi connectivity index (χ1n) is 8.60. The molecule has 1 aliphatic heterocycles. The maximum atomic E-state index is 12.4. The van der Waals surface area contributed by atoms with Crippen molar-refractivity contribution in [3.05, 3.63) is 42.5 Å². The van der Waals surface area contributed by atoms with Gasteiger partial charge in [-0.1, -0.05) is 18.2 Å². The smallest absolute Gasteiger partial charge is 0.317 e. The van der Waals surface area contributed by atoms with Gasteiger partial charge in [-0.05, 0) is 30.5 Å². The summed E-state index contributed by atoms with van der Waals surface area (Å²) in [6.45, 7) is 7.37. The molecule has 0 aliphatic carbocycles. The van der Waals surface area contributed by atoms with Crippen molar-refractivity contribution in [3.8, 4) is 0 Å². The topological polar surface area (TPSA) is 38.8 Å². The maximum Gasteiger partial charge on any atom is 0.317 e. The Morgan fingerprint density at radius 2 is 1.88 bits per heavy atom. The van der Waals surface area contributed by atoms with Crippen LogP contribution in [-0.4, -0.2) is 62.7 Å². The van der Waals surface area contributed by atoms with Crippen LogP contribution >= 0.6 is 0 Å². The van der Waals surface area contributed by atoms with E-state index in [1.165, 1.54) is 0 Å². The number of amides is 2. The summed E-state index contributed by atoms with van der Waals surface area (Å²) in [6.07, 6.45) is 3.95. The molecule has 1 fully saturated rings. The van der Waals surface area contributed by atoms with Crippen molar-refractivity contribution in [3.63, 3.8) is 0 Å². The summed E-state index contributed by atoms with van der Waals surface area (Å²) in [5.41, 5.74) is 2.30. The van der Waals surface area contributed by atoms with Crippen molar-refractivity contribution in [2.45, 2.75) is 25.4 Å². The lowest BCUT2D eigenvalue weighted by atomic mass is 10.1. The van der Waals surface area contributed by atoms with Crippen molar-refractivity contribution in [2.24, 2.45) is 0 Å². The molecule has 1 aliphatic rings. The van der Waals surface area contributed by atoms with Gasteiger partial charge in [-0.25, -0.2) is 4.79 Å². The fourth-order valence-electron chi connectivity index (χ4n) is 2.97. The Morgan fingerprint density at radius 3 is 2.42 bits per heavy atom. The average molecular weight is 330 g/mol. The normalized spacial score (nSPS) is 15.8. The minimum atomic E-state index is 0.00820. The molecule has 0 unspecified atom stereocenters. The Hall–Kier alpha value is -2.01. The van der Waals surface area contributed by atoms with E-state index in [9.17, 15) is 4.79 Å². The zero-order chi connectivity index (χ0) is 17.5. The molecule has 1 aromatic carbocycles. The third-order valence-corrected chi connectivity index (χ3v) is 4.52. The summed E-state index contributed by atoms with van der Waals surface area (Å²) in [5, 5.41) is 3.16. The van der Waals surface area contributed by atoms with Gasteiger partial charge < -0.3 is 15.1 Å². The van der Waals surface area contributed by atoms with Crippen molar-refractivity contribution in [1.82, 2.24) is 15.1 Å². The van der Waals surface area contributed by atoms with Crippen LogP contribution in [0.2, 0.25) is 0 Å². The molecule has 0 radical (unpaired) electrons. The number of rotatable bonds is 6. The number of hydrogen-bond acceptors (Lipinski definition) is 3. The van der Waals surface area contributed by atoms with Crippen LogP contribution in [0.5, 0.6) is 0 Å². The molecule has 1 aromatic rings. The summed E-state index contributed by atoms with van der Waals surface area (Å²) in [7, 11) is 5.89. The van der Waals surface area contributed by atoms with E-state index >= 15 is 0 Å². The number of urea groups is 1. The zero-order valence-corrected chi connectivity index (χ0v) is 15.2. The van der Waals surface area contributed by atoms with Crippen molar-refractivity contribution in [1.29, 1.82) is 0 Å². The SMILES string of the molecule is C=CCN1CCC(NC(=O)N(C)Cc2ccc(N(C)C)cc2)CC1. The van der Waals surface area contributed by atoms with Gasteiger partial charge in [0.2, 0.25) is 0 Å². The Kier molecular flexibility index (Phi) is 6.67. The van der Waals surface area contributed by atoms with Gasteiger partial charge in [0.15, 0.2) is 0 Å². The Morgan fingerprint density at radius 1 is 1.25 bits per heavy atom. The summed E-state index contributed by atoms with van der Waals surface area (Å²) in [6, 6.07) is 8.60. The third kappa shape index (κ3) is 5.27. The molecule has 24 heavy (non-hydrogen) atoms. The second-order valence-corrected chi connectivity index (χ2v) is 6.73. The number of anilines is 1. The van der Waals surface area contributed by atoms with Crippen LogP contribution in [0.15, 0.2) is 36.9 Å². The molecular formula is C19H30N4O. The molecule has 0 bridgehead atoms. The fraction of sp³-hybridized carbons (Fsp3) is 0.526. The van der Waals surface area contributed by atoms with Crippen LogP contribution in [-0.2, 0) is 6.54 Å². The van der Waals surface area contributed by atoms with Gasteiger partial charge in [-0.15, -0.1) is 6.58 Å². The number of nitrogens with zero attached hydrogens (tertiary/aromatic N) is 3. The lowest BCUT2D eigenvalue weighted by Gasteiger charge is -2.32. The minimum Gasteiger partial charge on any atom is -0.378 e. The van der Waals surface area contributed by atoms with Gasteiger partial charge in [-0.3, -0.25) is 4.90 Å². The maximum absolute atomic E-state index is 12.4. The van der Waals surface area contributed by atoms with E-state index in [0.29, 0.717) is 6.54 Å². The van der Waals surface area contributed by atoms with E-state index in [4.69, 9.17) is 0 Å². The summed E-state index contributed by atoms with van der Waals surface area (Å²) in [5.74, 6) is 0. The molecular weight excluding hydrogens is 300 g/mol. The predicted octanol–water partition coefficient (Wildman–Crippen LogP) is 2.54. The number of carbonyl (C=O) groups excluding carboxylic acids is 1. The Balaban J connectivity index is 1.79. The number of piperidine rings is 1. The molecule has 132 valence electrons. The molecule has 0 spiro atoms. The van der Waals surface area contributed by atoms with Crippen LogP contribution in [0, 0.1) is 0 Å². The van der Waals surface area contributed by atoms with Crippen LogP contribution < -0.4 is 10.2 Å². The van der Waals surface area contributed by atoms with E-state index in [1.54, 1.807) is 4.90 Å². The first kappa shape index (κ1) is 18.3. The average Bonchev–Trinajstić information content (AvgIpc) is 2.57. The molecule has 2 amide bonds. The van der Waals surface area contributed by atoms with Crippen molar-refractivity contribution < 1.29 is 4.79 Å². The van der Waals surface area contributed by atoms with Gasteiger partial charge >= 0.3 is 6.03 Å². The molecule has 1 heterocycles. The molecule has 0 saturated carbocycles. The quantitative estimate of drug-likeness (QED) is 0.815. The Bertz CT molecular complexity index is 533. The van der Waals surface area contributed by atoms with Crippen LogP contribution in [0.1, 0.15) is 18.4 Å². The lowest BCUT2D eigenvalue weighted by Crippen LogP contribution is -2.48. The summed E-state index contributed by atoms with van der Waals surface area (Å²) < 4.78 is 0. The van der Waals surface area contributed by atoms with Gasteiger partial charge in [0.1, 0.15) is 0 Å². The van der Waals surface area contributed by atoms with Gasteiger partial charge in [0.05, 0.1) is 0 Å². The second kappa shape index (κ2) is 8.73. The van der Waals surface area contributed by atoms with E-state index in [2.05, 4.69) is 46.0 Å². The van der Waals surface area contributed by atoms with E-state index in [1.807, 2.05) is 27.2 Å². The van der Waals surface area contributed by atoms with Crippen LogP contribution in [0.25, 0.3) is 0 Å². The number of carbonyl (C=O) groups is 1. The molecule has 0 aromatic heterocycles. The molecule has 2 rings (SSSR count). The molecule has 1 saturated heterocycles. The standard InChI is InChI=1S/C19H30N4O/c1-5-12-23-13-10-17(11-14-23)20-19(24)22(4)15-16-6-8-18(9-7-16)21(2)3/h5-9,17H,1,10-15H2,2-4H3,(H,20,24). The zero-order valence-electron chi connectivity index (χ0n) is 15.2. The highest BCUT2D eigenvalue weighted by Gasteiger charge is 2.21. The third-order valence-electron chi connectivity index (χ3n) is 4.52. The number of benzene rings is 1. The van der Waals surface area contributed by atoms with Gasteiger partial charge in [0, 0.05) is 59.1 Å². The van der Waals surface area contributed by atoms with Crippen molar-refractivity contribution >= 4 is 11.7 Å². The number of nitrogens with one attached hydrogen (secondary N) is 1. The number of hydrogen-bond donors (Lipinski definition) is 1. The predicted molar refractivity (Wildman–Crippen MR) is 100 cm³/mol. The molecule has 5 heteroatoms. The van der Waals surface area contributed by atoms with Crippen molar-refractivity contribution in [2.75, 3.05) is 45.7 Å². The summed E-state index contributed by atoms with van der Waals surface area (Å²) in [4.78, 5) is 18.6. The molecule has 1 N–H and O–H groups in total. The minimum absolute atomic E-state index is 0.00820. The first-order chi connectivity index (χ1) is 11.5. The highest BCUT2D eigenvalue weighted by Crippen LogP contribution is 2.14. The molecule has 0 atom stereocenters. The Labute approximate surface area is 145 Å². The van der Waals surface area contributed by atoms with E-state index < -0.39 is 0 Å². The van der Waals surface area contributed by atoms with E-state index in [0.717, 1.165) is 43.7 Å². The number of likely N-dealkylation sites (tertiary alicyclic amines) is 1. The van der Waals surface area contributed by atoms with E-state index in [-0.39, 0.29) is 12.1 Å². The van der Waals surface area contributed by atoms with Crippen LogP contribution in [0.4, 0.5) is 10.5 Å². The largest absolute Gasteiger partial charge is 0.378 e. The van der Waals surface area contributed by atoms with Gasteiger partial charge in [0.25, 0.3) is 0 Å². The van der Waals surface area contributed by atoms with Gasteiger partial charge in [-0.2, -0.15) is 0 Å². The monoisotopic (exact) mass is 330 g/mol. The highest BCUT2D eigenvalue weighted by molar-refractivity contribution is 5.74.